The summed E-state index contributed by atoms with van der Waals surface area (Å²) >= 11 is 0. The zero-order valence-corrected chi connectivity index (χ0v) is 16.7. The van der Waals surface area contributed by atoms with Gasteiger partial charge >= 0.3 is 0 Å². The summed E-state index contributed by atoms with van der Waals surface area (Å²) in [5.74, 6) is 1.89. The minimum absolute atomic E-state index is 0. The Labute approximate surface area is 165 Å². The molecule has 0 unspecified atom stereocenters. The van der Waals surface area contributed by atoms with Crippen molar-refractivity contribution in [3.63, 3.8) is 0 Å². The van der Waals surface area contributed by atoms with Crippen molar-refractivity contribution in [2.24, 2.45) is 5.92 Å². The highest BCUT2D eigenvalue weighted by molar-refractivity contribution is 5.85. The molecule has 2 aliphatic rings. The highest BCUT2D eigenvalue weighted by atomic mass is 35.5. The highest BCUT2D eigenvalue weighted by Gasteiger charge is 2.31. The Morgan fingerprint density at radius 3 is 2.85 bits per heavy atom. The lowest BCUT2D eigenvalue weighted by Crippen LogP contribution is -2.45. The van der Waals surface area contributed by atoms with Crippen LogP contribution in [0.4, 0.5) is 0 Å². The summed E-state index contributed by atoms with van der Waals surface area (Å²) in [6.45, 7) is 6.03. The first-order valence-electron chi connectivity index (χ1n) is 8.64. The first-order chi connectivity index (χ1) is 11.6. The Morgan fingerprint density at radius 2 is 2.12 bits per heavy atom. The fraction of sp³-hybridized carbons (Fsp3) is 0.556. The summed E-state index contributed by atoms with van der Waals surface area (Å²) in [6, 6.07) is 6.09. The van der Waals surface area contributed by atoms with Gasteiger partial charge in [0.25, 0.3) is 5.56 Å². The van der Waals surface area contributed by atoms with Crippen molar-refractivity contribution >= 4 is 24.8 Å². The third-order valence-corrected chi connectivity index (χ3v) is 5.13. The van der Waals surface area contributed by atoms with Crippen molar-refractivity contribution in [1.82, 2.24) is 19.9 Å². The average molecular weight is 401 g/mol. The molecule has 26 heavy (non-hydrogen) atoms. The third kappa shape index (κ3) is 4.14. The van der Waals surface area contributed by atoms with Gasteiger partial charge in [0.2, 0.25) is 0 Å². The van der Waals surface area contributed by atoms with Gasteiger partial charge in [-0.2, -0.15) is 0 Å². The van der Waals surface area contributed by atoms with Crippen LogP contribution in [0.15, 0.2) is 27.5 Å². The van der Waals surface area contributed by atoms with E-state index >= 15 is 0 Å². The van der Waals surface area contributed by atoms with E-state index in [1.807, 2.05) is 30.7 Å². The number of fused-ring (bicyclic) bond motifs is 4. The molecule has 8 heteroatoms. The van der Waals surface area contributed by atoms with Crippen molar-refractivity contribution in [1.29, 1.82) is 0 Å². The summed E-state index contributed by atoms with van der Waals surface area (Å²) in [7, 11) is 2.00. The fourth-order valence-electron chi connectivity index (χ4n) is 4.06. The molecule has 0 spiro atoms. The summed E-state index contributed by atoms with van der Waals surface area (Å²) in [4.78, 5) is 15.0. The molecule has 1 N–H and O–H groups in total. The van der Waals surface area contributed by atoms with E-state index in [0.717, 1.165) is 36.7 Å². The van der Waals surface area contributed by atoms with Crippen molar-refractivity contribution in [2.45, 2.75) is 38.9 Å². The van der Waals surface area contributed by atoms with E-state index < -0.39 is 0 Å². The van der Waals surface area contributed by atoms with E-state index in [9.17, 15) is 4.79 Å². The van der Waals surface area contributed by atoms with Crippen molar-refractivity contribution in [3.8, 4) is 0 Å². The van der Waals surface area contributed by atoms with Crippen LogP contribution in [0, 0.1) is 12.8 Å². The first-order valence-corrected chi connectivity index (χ1v) is 8.64. The van der Waals surface area contributed by atoms with E-state index in [-0.39, 0.29) is 30.4 Å². The fourth-order valence-corrected chi connectivity index (χ4v) is 4.06. The SMILES string of the molecule is Cc1cc(CN(C)Cc2ccc3n(c2=O)C[C@@H]2CNC[C@H]3C2)on1.Cl.Cl. The minimum atomic E-state index is 0. The molecule has 1 saturated heterocycles. The average Bonchev–Trinajstić information content (AvgIpc) is 2.96. The number of aromatic nitrogens is 2. The molecule has 0 radical (unpaired) electrons. The maximum atomic E-state index is 12.9. The number of halogens is 2. The van der Waals surface area contributed by atoms with Gasteiger partial charge in [-0.25, -0.2) is 0 Å². The second-order valence-corrected chi connectivity index (χ2v) is 7.26. The largest absolute Gasteiger partial charge is 0.360 e. The van der Waals surface area contributed by atoms with Crippen LogP contribution >= 0.6 is 24.8 Å². The van der Waals surface area contributed by atoms with Crippen LogP contribution in [-0.4, -0.2) is 34.8 Å². The predicted molar refractivity (Wildman–Crippen MR) is 105 cm³/mol. The second kappa shape index (κ2) is 8.57. The first kappa shape index (κ1) is 21.0. The maximum absolute atomic E-state index is 12.9. The lowest BCUT2D eigenvalue weighted by molar-refractivity contribution is 0.250. The molecule has 6 nitrogen and oxygen atoms in total. The van der Waals surface area contributed by atoms with Crippen molar-refractivity contribution in [2.75, 3.05) is 20.1 Å². The molecule has 2 aliphatic heterocycles. The van der Waals surface area contributed by atoms with Crippen molar-refractivity contribution in [3.05, 3.63) is 51.3 Å². The monoisotopic (exact) mass is 400 g/mol. The minimum Gasteiger partial charge on any atom is -0.360 e. The highest BCUT2D eigenvalue weighted by Crippen LogP contribution is 2.31. The van der Waals surface area contributed by atoms with E-state index in [2.05, 4.69) is 21.4 Å². The molecule has 0 amide bonds. The number of hydrogen-bond donors (Lipinski definition) is 1. The summed E-state index contributed by atoms with van der Waals surface area (Å²) in [5, 5.41) is 7.39. The Balaban J connectivity index is 0.00000121. The quantitative estimate of drug-likeness (QED) is 0.852. The molecule has 0 saturated carbocycles. The Hall–Kier alpha value is -1.34. The summed E-state index contributed by atoms with van der Waals surface area (Å²) in [6.07, 6.45) is 1.20. The van der Waals surface area contributed by atoms with Crippen LogP contribution in [0.1, 0.15) is 35.1 Å². The molecule has 144 valence electrons. The van der Waals surface area contributed by atoms with E-state index in [1.165, 1.54) is 12.1 Å². The van der Waals surface area contributed by atoms with Crippen LogP contribution < -0.4 is 10.9 Å². The molecular weight excluding hydrogens is 375 g/mol. The van der Waals surface area contributed by atoms with Gasteiger partial charge in [-0.1, -0.05) is 11.2 Å². The Morgan fingerprint density at radius 1 is 1.31 bits per heavy atom. The molecule has 0 aliphatic carbocycles. The smallest absolute Gasteiger partial charge is 0.255 e. The number of nitrogens with zero attached hydrogens (tertiary/aromatic N) is 3. The van der Waals surface area contributed by atoms with Crippen LogP contribution in [-0.2, 0) is 19.6 Å². The summed E-state index contributed by atoms with van der Waals surface area (Å²) in [5.41, 5.74) is 3.10. The molecule has 2 atom stereocenters. The number of rotatable bonds is 4. The number of piperidine rings is 1. The van der Waals surface area contributed by atoms with E-state index in [4.69, 9.17) is 4.52 Å². The molecular formula is C18H26Cl2N4O2. The van der Waals surface area contributed by atoms with Crippen LogP contribution in [0.2, 0.25) is 0 Å². The molecule has 0 aromatic carbocycles. The molecule has 4 heterocycles. The molecule has 2 aromatic heterocycles. The number of aryl methyl sites for hydroxylation is 1. The number of pyridine rings is 1. The molecule has 2 bridgehead atoms. The lowest BCUT2D eigenvalue weighted by atomic mass is 9.84. The molecule has 4 rings (SSSR count). The van der Waals surface area contributed by atoms with Crippen LogP contribution in [0.5, 0.6) is 0 Å². The topological polar surface area (TPSA) is 63.3 Å². The normalized spacial score (nSPS) is 20.9. The Kier molecular flexibility index (Phi) is 6.91. The van der Waals surface area contributed by atoms with E-state index in [1.54, 1.807) is 0 Å². The molecule has 2 aromatic rings. The van der Waals surface area contributed by atoms with Gasteiger partial charge in [-0.05, 0) is 38.9 Å². The van der Waals surface area contributed by atoms with Gasteiger partial charge in [0.1, 0.15) is 0 Å². The van der Waals surface area contributed by atoms with Gasteiger partial charge in [-0.15, -0.1) is 24.8 Å². The van der Waals surface area contributed by atoms with Gasteiger partial charge in [0.15, 0.2) is 5.76 Å². The van der Waals surface area contributed by atoms with Gasteiger partial charge in [-0.3, -0.25) is 9.69 Å². The standard InChI is InChI=1S/C18H24N4O2.2ClH/c1-12-5-16(24-20-12)11-21(2)10-14-3-4-17-15-6-13(7-19-8-15)9-22(17)18(14)23;;/h3-5,13,15,19H,6-11H2,1-2H3;2*1H/t13-,15+;;/m0../s1. The second-order valence-electron chi connectivity index (χ2n) is 7.26. The Bertz CT molecular complexity index is 805. The van der Waals surface area contributed by atoms with Crippen LogP contribution in [0.25, 0.3) is 0 Å². The van der Waals surface area contributed by atoms with E-state index in [0.29, 0.717) is 24.9 Å². The van der Waals surface area contributed by atoms with Crippen molar-refractivity contribution < 1.29 is 4.52 Å². The predicted octanol–water partition coefficient (Wildman–Crippen LogP) is 2.33. The van der Waals surface area contributed by atoms with Crippen LogP contribution in [0.3, 0.4) is 0 Å². The zero-order chi connectivity index (χ0) is 16.7. The van der Waals surface area contributed by atoms with Gasteiger partial charge in [0.05, 0.1) is 12.2 Å². The lowest BCUT2D eigenvalue weighted by Gasteiger charge is -2.37. The third-order valence-electron chi connectivity index (χ3n) is 5.13. The number of nitrogens with one attached hydrogen (secondary N) is 1. The van der Waals surface area contributed by atoms with Gasteiger partial charge in [0, 0.05) is 42.9 Å². The maximum Gasteiger partial charge on any atom is 0.255 e. The molecule has 1 fully saturated rings. The number of hydrogen-bond acceptors (Lipinski definition) is 5. The summed E-state index contributed by atoms with van der Waals surface area (Å²) < 4.78 is 7.28. The zero-order valence-electron chi connectivity index (χ0n) is 15.1. The van der Waals surface area contributed by atoms with Gasteiger partial charge < -0.3 is 14.4 Å².